The van der Waals surface area contributed by atoms with E-state index >= 15 is 0 Å². The van der Waals surface area contributed by atoms with Crippen LogP contribution in [0, 0.1) is 0 Å². The minimum atomic E-state index is -0.781. The van der Waals surface area contributed by atoms with Gasteiger partial charge in [0.1, 0.15) is 6.04 Å². The zero-order chi connectivity index (χ0) is 20.4. The molecule has 0 spiro atoms. The van der Waals surface area contributed by atoms with E-state index in [0.29, 0.717) is 35.1 Å². The first-order valence-electron chi connectivity index (χ1n) is 9.02. The number of thioether (sulfide) groups is 1. The summed E-state index contributed by atoms with van der Waals surface area (Å²) >= 11 is 7.65. The summed E-state index contributed by atoms with van der Waals surface area (Å²) in [6, 6.07) is 5.90. The molecule has 0 fully saturated rings. The summed E-state index contributed by atoms with van der Waals surface area (Å²) < 4.78 is 7.00. The second kappa shape index (κ2) is 11.7. The average molecular weight is 426 g/mol. The molecule has 1 heterocycles. The Labute approximate surface area is 173 Å². The molecule has 2 aromatic rings. The smallest absolute Gasteiger partial charge is 0.329 e. The Hall–Kier alpha value is -2.13. The molecule has 0 saturated heterocycles. The summed E-state index contributed by atoms with van der Waals surface area (Å²) in [5, 5.41) is 14.5. The maximum Gasteiger partial charge on any atom is 0.329 e. The first-order valence-corrected chi connectivity index (χ1v) is 10.8. The molecule has 28 heavy (non-hydrogen) atoms. The number of carbonyl (C=O) groups is 2. The van der Waals surface area contributed by atoms with Crippen LogP contribution in [0.15, 0.2) is 24.3 Å². The van der Waals surface area contributed by atoms with Gasteiger partial charge in [-0.05, 0) is 47.4 Å². The minimum absolute atomic E-state index is 0.0483. The third-order valence-electron chi connectivity index (χ3n) is 3.99. The lowest BCUT2D eigenvalue weighted by Gasteiger charge is -2.17. The van der Waals surface area contributed by atoms with Crippen molar-refractivity contribution < 1.29 is 14.3 Å². The molecular weight excluding hydrogens is 402 g/mol. The SMILES string of the molecule is CCCCn1nnnc1COC(=O)C(CCSC)NC(=O)c1ccccc1Cl. The van der Waals surface area contributed by atoms with Crippen molar-refractivity contribution in [2.75, 3.05) is 12.0 Å². The summed E-state index contributed by atoms with van der Waals surface area (Å²) in [7, 11) is 0. The summed E-state index contributed by atoms with van der Waals surface area (Å²) in [6.45, 7) is 2.69. The van der Waals surface area contributed by atoms with Gasteiger partial charge >= 0.3 is 5.97 Å². The van der Waals surface area contributed by atoms with Crippen LogP contribution < -0.4 is 5.32 Å². The van der Waals surface area contributed by atoms with E-state index in [1.807, 2.05) is 6.26 Å². The van der Waals surface area contributed by atoms with Gasteiger partial charge in [-0.15, -0.1) is 5.10 Å². The van der Waals surface area contributed by atoms with Crippen molar-refractivity contribution in [3.63, 3.8) is 0 Å². The van der Waals surface area contributed by atoms with Gasteiger partial charge in [0.2, 0.25) is 0 Å². The Morgan fingerprint density at radius 2 is 2.14 bits per heavy atom. The van der Waals surface area contributed by atoms with Crippen molar-refractivity contribution in [3.05, 3.63) is 40.7 Å². The van der Waals surface area contributed by atoms with Gasteiger partial charge in [0.05, 0.1) is 10.6 Å². The summed E-state index contributed by atoms with van der Waals surface area (Å²) in [5.41, 5.74) is 0.314. The fraction of sp³-hybridized carbons (Fsp3) is 0.500. The lowest BCUT2D eigenvalue weighted by molar-refractivity contribution is -0.147. The highest BCUT2D eigenvalue weighted by Crippen LogP contribution is 2.15. The predicted molar refractivity (Wildman–Crippen MR) is 108 cm³/mol. The predicted octanol–water partition coefficient (Wildman–Crippen LogP) is 2.72. The number of esters is 1. The van der Waals surface area contributed by atoms with E-state index in [9.17, 15) is 9.59 Å². The largest absolute Gasteiger partial charge is 0.456 e. The minimum Gasteiger partial charge on any atom is -0.456 e. The molecule has 1 aromatic heterocycles. The number of unbranched alkanes of at least 4 members (excludes halogenated alkanes) is 1. The van der Waals surface area contributed by atoms with Gasteiger partial charge in [-0.1, -0.05) is 37.1 Å². The van der Waals surface area contributed by atoms with Gasteiger partial charge in [-0.25, -0.2) is 9.48 Å². The fourth-order valence-electron chi connectivity index (χ4n) is 2.41. The quantitative estimate of drug-likeness (QED) is 0.552. The highest BCUT2D eigenvalue weighted by Gasteiger charge is 2.24. The Kier molecular flexibility index (Phi) is 9.22. The van der Waals surface area contributed by atoms with E-state index in [4.69, 9.17) is 16.3 Å². The molecule has 10 heteroatoms. The van der Waals surface area contributed by atoms with Crippen molar-refractivity contribution in [2.45, 2.75) is 45.4 Å². The maximum absolute atomic E-state index is 12.6. The third-order valence-corrected chi connectivity index (χ3v) is 4.97. The highest BCUT2D eigenvalue weighted by molar-refractivity contribution is 7.98. The number of nitrogens with zero attached hydrogens (tertiary/aromatic N) is 4. The first-order chi connectivity index (χ1) is 13.6. The van der Waals surface area contributed by atoms with Crippen LogP contribution in [0.25, 0.3) is 0 Å². The van der Waals surface area contributed by atoms with E-state index in [0.717, 1.165) is 12.8 Å². The van der Waals surface area contributed by atoms with Crippen molar-refractivity contribution >= 4 is 35.2 Å². The van der Waals surface area contributed by atoms with Gasteiger partial charge in [0.15, 0.2) is 12.4 Å². The van der Waals surface area contributed by atoms with Crippen LogP contribution in [-0.4, -0.2) is 50.1 Å². The molecule has 1 amide bonds. The van der Waals surface area contributed by atoms with Crippen molar-refractivity contribution in [3.8, 4) is 0 Å². The molecule has 1 unspecified atom stereocenters. The normalized spacial score (nSPS) is 11.8. The molecule has 1 N–H and O–H groups in total. The number of hydrogen-bond donors (Lipinski definition) is 1. The number of tetrazole rings is 1. The molecule has 0 saturated carbocycles. The van der Waals surface area contributed by atoms with Crippen LogP contribution in [0.5, 0.6) is 0 Å². The van der Waals surface area contributed by atoms with Crippen molar-refractivity contribution in [2.24, 2.45) is 0 Å². The second-order valence-corrected chi connectivity index (χ2v) is 7.46. The number of aromatic nitrogens is 4. The molecule has 0 aliphatic heterocycles. The van der Waals surface area contributed by atoms with E-state index < -0.39 is 17.9 Å². The monoisotopic (exact) mass is 425 g/mol. The van der Waals surface area contributed by atoms with Crippen molar-refractivity contribution in [1.29, 1.82) is 0 Å². The highest BCUT2D eigenvalue weighted by atomic mass is 35.5. The van der Waals surface area contributed by atoms with Crippen LogP contribution in [0.2, 0.25) is 5.02 Å². The summed E-state index contributed by atoms with van der Waals surface area (Å²) in [6.07, 6.45) is 4.30. The van der Waals surface area contributed by atoms with Crippen LogP contribution in [0.3, 0.4) is 0 Å². The number of hydrogen-bond acceptors (Lipinski definition) is 7. The van der Waals surface area contributed by atoms with Gasteiger partial charge in [-0.2, -0.15) is 11.8 Å². The maximum atomic E-state index is 12.6. The number of benzene rings is 1. The van der Waals surface area contributed by atoms with Crippen LogP contribution in [0.4, 0.5) is 0 Å². The number of carbonyl (C=O) groups excluding carboxylic acids is 2. The molecule has 152 valence electrons. The Bertz CT molecular complexity index is 786. The molecular formula is C18H24ClN5O3S. The molecule has 1 aromatic carbocycles. The Morgan fingerprint density at radius 1 is 1.36 bits per heavy atom. The summed E-state index contributed by atoms with van der Waals surface area (Å²) in [4.78, 5) is 25.1. The van der Waals surface area contributed by atoms with E-state index in [1.165, 1.54) is 0 Å². The number of ether oxygens (including phenoxy) is 1. The Morgan fingerprint density at radius 3 is 2.86 bits per heavy atom. The fourth-order valence-corrected chi connectivity index (χ4v) is 3.10. The number of rotatable bonds is 11. The van der Waals surface area contributed by atoms with Gasteiger partial charge in [-0.3, -0.25) is 4.79 Å². The summed E-state index contributed by atoms with van der Waals surface area (Å²) in [5.74, 6) is 0.223. The van der Waals surface area contributed by atoms with E-state index in [2.05, 4.69) is 27.8 Å². The number of amides is 1. The molecule has 8 nitrogen and oxygen atoms in total. The standard InChI is InChI=1S/C18H24ClN5O3S/c1-3-4-10-24-16(21-22-23-24)12-27-18(26)15(9-11-28-2)20-17(25)13-7-5-6-8-14(13)19/h5-8,15H,3-4,9-12H2,1-2H3,(H,20,25). The average Bonchev–Trinajstić information content (AvgIpc) is 3.15. The number of aryl methyl sites for hydroxylation is 1. The lowest BCUT2D eigenvalue weighted by Crippen LogP contribution is -2.42. The molecule has 2 rings (SSSR count). The van der Waals surface area contributed by atoms with E-state index in [1.54, 1.807) is 40.7 Å². The second-order valence-electron chi connectivity index (χ2n) is 6.07. The molecule has 0 aliphatic rings. The molecule has 0 radical (unpaired) electrons. The third kappa shape index (κ3) is 6.49. The van der Waals surface area contributed by atoms with Gasteiger partial charge in [0.25, 0.3) is 5.91 Å². The van der Waals surface area contributed by atoms with Crippen LogP contribution in [0.1, 0.15) is 42.4 Å². The van der Waals surface area contributed by atoms with Crippen molar-refractivity contribution in [1.82, 2.24) is 25.5 Å². The van der Waals surface area contributed by atoms with E-state index in [-0.39, 0.29) is 6.61 Å². The molecule has 0 aliphatic carbocycles. The lowest BCUT2D eigenvalue weighted by atomic mass is 10.1. The van der Waals surface area contributed by atoms with Gasteiger partial charge in [0, 0.05) is 6.54 Å². The first kappa shape index (κ1) is 22.2. The zero-order valence-electron chi connectivity index (χ0n) is 15.9. The van der Waals surface area contributed by atoms with Crippen LogP contribution in [-0.2, 0) is 22.7 Å². The van der Waals surface area contributed by atoms with Gasteiger partial charge < -0.3 is 10.1 Å². The zero-order valence-corrected chi connectivity index (χ0v) is 17.5. The number of nitrogens with one attached hydrogen (secondary N) is 1. The molecule has 0 bridgehead atoms. The topological polar surface area (TPSA) is 99.0 Å². The number of halogens is 1. The Balaban J connectivity index is 2.00. The molecule has 1 atom stereocenters. The van der Waals surface area contributed by atoms with Crippen LogP contribution >= 0.6 is 23.4 Å².